The quantitative estimate of drug-likeness (QED) is 0.879. The van der Waals surface area contributed by atoms with Crippen molar-refractivity contribution in [2.75, 3.05) is 0 Å². The predicted molar refractivity (Wildman–Crippen MR) is 74.5 cm³/mol. The van der Waals surface area contributed by atoms with E-state index in [0.29, 0.717) is 17.5 Å². The third kappa shape index (κ3) is 2.25. The number of fused-ring (bicyclic) bond motifs is 1. The number of ketones is 1. The Hall–Kier alpha value is -1.65. The average Bonchev–Trinajstić information content (AvgIpc) is 3.03. The van der Waals surface area contributed by atoms with E-state index in [-0.39, 0.29) is 11.7 Å². The summed E-state index contributed by atoms with van der Waals surface area (Å²) in [4.78, 5) is 23.8. The smallest absolute Gasteiger partial charge is 0.272 e. The van der Waals surface area contributed by atoms with Crippen LogP contribution in [0.5, 0.6) is 0 Å². The molecular weight excluding hydrogens is 254 g/mol. The highest BCUT2D eigenvalue weighted by atomic mass is 16.2. The molecule has 2 aliphatic carbocycles. The first-order valence-corrected chi connectivity index (χ1v) is 7.42. The van der Waals surface area contributed by atoms with Crippen molar-refractivity contribution in [2.24, 2.45) is 5.41 Å². The number of aromatic nitrogens is 2. The molecule has 5 nitrogen and oxygen atoms in total. The Labute approximate surface area is 118 Å². The van der Waals surface area contributed by atoms with Crippen LogP contribution < -0.4 is 5.32 Å². The van der Waals surface area contributed by atoms with Gasteiger partial charge in [-0.15, -0.1) is 0 Å². The number of hydrogen-bond donors (Lipinski definition) is 2. The van der Waals surface area contributed by atoms with Gasteiger partial charge in [-0.3, -0.25) is 14.7 Å². The van der Waals surface area contributed by atoms with Crippen LogP contribution in [0.4, 0.5) is 0 Å². The van der Waals surface area contributed by atoms with E-state index in [1.807, 2.05) is 6.92 Å². The Morgan fingerprint density at radius 2 is 2.15 bits per heavy atom. The van der Waals surface area contributed by atoms with Gasteiger partial charge in [-0.05, 0) is 50.9 Å². The summed E-state index contributed by atoms with van der Waals surface area (Å²) in [7, 11) is 0. The Morgan fingerprint density at radius 3 is 2.75 bits per heavy atom. The monoisotopic (exact) mass is 275 g/mol. The molecule has 3 rings (SSSR count). The first-order valence-electron chi connectivity index (χ1n) is 7.42. The van der Waals surface area contributed by atoms with E-state index in [1.165, 1.54) is 26.2 Å². The number of carbonyl (C=O) groups is 2. The Bertz CT molecular complexity index is 557. The van der Waals surface area contributed by atoms with Crippen molar-refractivity contribution in [2.45, 2.75) is 58.4 Å². The SMILES string of the molecule is CC[C@H](NC(=O)c1n[nH]c2c1CC1(CC2)CC1)C(C)=O. The molecule has 1 atom stereocenters. The van der Waals surface area contributed by atoms with E-state index >= 15 is 0 Å². The number of aromatic amines is 1. The van der Waals surface area contributed by atoms with Crippen molar-refractivity contribution in [3.63, 3.8) is 0 Å². The summed E-state index contributed by atoms with van der Waals surface area (Å²) >= 11 is 0. The van der Waals surface area contributed by atoms with Gasteiger partial charge in [0.1, 0.15) is 0 Å². The Balaban J connectivity index is 1.79. The number of nitrogens with zero attached hydrogens (tertiary/aromatic N) is 1. The van der Waals surface area contributed by atoms with Crippen LogP contribution in [0.3, 0.4) is 0 Å². The maximum Gasteiger partial charge on any atom is 0.272 e. The van der Waals surface area contributed by atoms with Crippen LogP contribution in [-0.4, -0.2) is 27.9 Å². The predicted octanol–water partition coefficient (Wildman–Crippen LogP) is 1.78. The van der Waals surface area contributed by atoms with E-state index in [0.717, 1.165) is 24.1 Å². The highest BCUT2D eigenvalue weighted by Gasteiger charge is 2.46. The van der Waals surface area contributed by atoms with E-state index < -0.39 is 6.04 Å². The minimum Gasteiger partial charge on any atom is -0.341 e. The number of rotatable bonds is 4. The first kappa shape index (κ1) is 13.3. The lowest BCUT2D eigenvalue weighted by atomic mass is 9.84. The van der Waals surface area contributed by atoms with E-state index in [4.69, 9.17) is 0 Å². The molecule has 0 aliphatic heterocycles. The molecular formula is C15H21N3O2. The second kappa shape index (κ2) is 4.72. The molecule has 1 aromatic rings. The van der Waals surface area contributed by atoms with Crippen LogP contribution in [0.15, 0.2) is 0 Å². The average molecular weight is 275 g/mol. The van der Waals surface area contributed by atoms with E-state index in [1.54, 1.807) is 0 Å². The van der Waals surface area contributed by atoms with Crippen molar-refractivity contribution < 1.29 is 9.59 Å². The lowest BCUT2D eigenvalue weighted by molar-refractivity contribution is -0.118. The molecule has 1 heterocycles. The summed E-state index contributed by atoms with van der Waals surface area (Å²) in [6.45, 7) is 3.40. The fraction of sp³-hybridized carbons (Fsp3) is 0.667. The molecule has 2 N–H and O–H groups in total. The normalized spacial score (nSPS) is 20.3. The standard InChI is InChI=1S/C15H21N3O2/c1-3-11(9(2)19)16-14(20)13-10-8-15(6-7-15)5-4-12(10)17-18-13/h11H,3-8H2,1-2H3,(H,16,20)(H,17,18)/t11-/m0/s1. The van der Waals surface area contributed by atoms with Gasteiger partial charge in [-0.25, -0.2) is 0 Å². The van der Waals surface area contributed by atoms with Gasteiger partial charge >= 0.3 is 0 Å². The van der Waals surface area contributed by atoms with Crippen LogP contribution in [-0.2, 0) is 17.6 Å². The maximum absolute atomic E-state index is 12.3. The Kier molecular flexibility index (Phi) is 3.15. The molecule has 1 fully saturated rings. The van der Waals surface area contributed by atoms with E-state index in [2.05, 4.69) is 15.5 Å². The lowest BCUT2D eigenvalue weighted by Gasteiger charge is -2.21. The third-order valence-corrected chi connectivity index (χ3v) is 4.79. The minimum atomic E-state index is -0.409. The summed E-state index contributed by atoms with van der Waals surface area (Å²) in [6, 6.07) is -0.409. The van der Waals surface area contributed by atoms with Crippen molar-refractivity contribution in [1.29, 1.82) is 0 Å². The van der Waals surface area contributed by atoms with Gasteiger partial charge in [0.2, 0.25) is 0 Å². The summed E-state index contributed by atoms with van der Waals surface area (Å²) in [5, 5.41) is 9.98. The summed E-state index contributed by atoms with van der Waals surface area (Å²) in [6.07, 6.45) is 6.29. The van der Waals surface area contributed by atoms with Gasteiger partial charge in [0.05, 0.1) is 6.04 Å². The zero-order valence-electron chi connectivity index (χ0n) is 12.1. The molecule has 1 amide bonds. The highest BCUT2D eigenvalue weighted by molar-refractivity contribution is 5.97. The molecule has 2 aliphatic rings. The fourth-order valence-electron chi connectivity index (χ4n) is 3.16. The topological polar surface area (TPSA) is 74.8 Å². The number of H-pyrrole nitrogens is 1. The third-order valence-electron chi connectivity index (χ3n) is 4.79. The zero-order valence-corrected chi connectivity index (χ0v) is 12.1. The lowest BCUT2D eigenvalue weighted by Crippen LogP contribution is -2.39. The maximum atomic E-state index is 12.3. The van der Waals surface area contributed by atoms with Crippen molar-refractivity contribution in [3.8, 4) is 0 Å². The summed E-state index contributed by atoms with van der Waals surface area (Å²) in [5.41, 5.74) is 3.11. The van der Waals surface area contributed by atoms with Gasteiger partial charge in [0.25, 0.3) is 5.91 Å². The van der Waals surface area contributed by atoms with Crippen LogP contribution in [0.25, 0.3) is 0 Å². The van der Waals surface area contributed by atoms with Crippen LogP contribution in [0.1, 0.15) is 61.3 Å². The van der Waals surface area contributed by atoms with Crippen LogP contribution in [0, 0.1) is 5.41 Å². The number of amides is 1. The van der Waals surface area contributed by atoms with Gasteiger partial charge in [-0.2, -0.15) is 5.10 Å². The number of hydrogen-bond acceptors (Lipinski definition) is 3. The van der Waals surface area contributed by atoms with Crippen molar-refractivity contribution in [3.05, 3.63) is 17.0 Å². The van der Waals surface area contributed by atoms with Crippen molar-refractivity contribution >= 4 is 11.7 Å². The molecule has 1 aromatic heterocycles. The van der Waals surface area contributed by atoms with Crippen LogP contribution >= 0.6 is 0 Å². The fourth-order valence-corrected chi connectivity index (χ4v) is 3.16. The summed E-state index contributed by atoms with van der Waals surface area (Å²) in [5.74, 6) is -0.230. The molecule has 0 bridgehead atoms. The molecule has 1 spiro atoms. The number of carbonyl (C=O) groups excluding carboxylic acids is 2. The van der Waals surface area contributed by atoms with Crippen LogP contribution in [0.2, 0.25) is 0 Å². The molecule has 20 heavy (non-hydrogen) atoms. The molecule has 0 radical (unpaired) electrons. The molecule has 5 heteroatoms. The Morgan fingerprint density at radius 1 is 1.40 bits per heavy atom. The molecule has 1 saturated carbocycles. The second-order valence-corrected chi connectivity index (χ2v) is 6.25. The molecule has 0 saturated heterocycles. The number of nitrogens with one attached hydrogen (secondary N) is 2. The second-order valence-electron chi connectivity index (χ2n) is 6.25. The van der Waals surface area contributed by atoms with E-state index in [9.17, 15) is 9.59 Å². The van der Waals surface area contributed by atoms with Gasteiger partial charge in [0.15, 0.2) is 11.5 Å². The first-order chi connectivity index (χ1) is 9.54. The van der Waals surface area contributed by atoms with Gasteiger partial charge in [-0.1, -0.05) is 6.92 Å². The number of Topliss-reactive ketones (excluding diaryl/α,β-unsaturated/α-hetero) is 1. The molecule has 0 aromatic carbocycles. The van der Waals surface area contributed by atoms with Crippen molar-refractivity contribution in [1.82, 2.24) is 15.5 Å². The van der Waals surface area contributed by atoms with Gasteiger partial charge in [0, 0.05) is 11.3 Å². The number of aryl methyl sites for hydroxylation is 1. The minimum absolute atomic E-state index is 0.0103. The zero-order chi connectivity index (χ0) is 14.3. The largest absolute Gasteiger partial charge is 0.341 e. The highest BCUT2D eigenvalue weighted by Crippen LogP contribution is 2.54. The molecule has 0 unspecified atom stereocenters. The van der Waals surface area contributed by atoms with Gasteiger partial charge < -0.3 is 5.32 Å². The molecule has 108 valence electrons. The summed E-state index contributed by atoms with van der Waals surface area (Å²) < 4.78 is 0.